The molecule has 0 spiro atoms. The highest BCUT2D eigenvalue weighted by atomic mass is 35.5. The maximum atomic E-state index is 12.6. The number of pyridine rings is 1. The van der Waals surface area contributed by atoms with E-state index < -0.39 is 5.91 Å². The van der Waals surface area contributed by atoms with Crippen LogP contribution in [0, 0.1) is 34.6 Å². The molecule has 7 nitrogen and oxygen atoms in total. The van der Waals surface area contributed by atoms with Crippen LogP contribution in [0.1, 0.15) is 38.6 Å². The van der Waals surface area contributed by atoms with Crippen LogP contribution in [0.3, 0.4) is 0 Å². The molecular formula is C22H24ClN5O2. The van der Waals surface area contributed by atoms with Crippen molar-refractivity contribution in [3.05, 3.63) is 69.1 Å². The lowest BCUT2D eigenvalue weighted by Gasteiger charge is -2.13. The van der Waals surface area contributed by atoms with Gasteiger partial charge in [0.1, 0.15) is 5.69 Å². The van der Waals surface area contributed by atoms with Crippen LogP contribution < -0.4 is 10.6 Å². The Morgan fingerprint density at radius 1 is 1.03 bits per heavy atom. The zero-order valence-corrected chi connectivity index (χ0v) is 18.4. The van der Waals surface area contributed by atoms with Crippen molar-refractivity contribution in [2.45, 2.75) is 34.6 Å². The first-order valence-electron chi connectivity index (χ1n) is 9.52. The van der Waals surface area contributed by atoms with Crippen LogP contribution in [0.2, 0.25) is 5.02 Å². The summed E-state index contributed by atoms with van der Waals surface area (Å²) in [4.78, 5) is 29.3. The first-order chi connectivity index (χ1) is 14.2. The molecule has 0 aliphatic rings. The molecule has 156 valence electrons. The SMILES string of the molecule is Cc1cc(C)c(NC(=O)CNC(=O)c2nc(-n3nc(C)cc3C)ccc2Cl)c(C)c1. The Morgan fingerprint density at radius 2 is 1.70 bits per heavy atom. The largest absolute Gasteiger partial charge is 0.342 e. The predicted octanol–water partition coefficient (Wildman–Crippen LogP) is 3.83. The van der Waals surface area contributed by atoms with Crippen molar-refractivity contribution in [2.75, 3.05) is 11.9 Å². The molecule has 0 aliphatic carbocycles. The summed E-state index contributed by atoms with van der Waals surface area (Å²) in [6, 6.07) is 9.18. The van der Waals surface area contributed by atoms with Gasteiger partial charge in [0.05, 0.1) is 17.3 Å². The second kappa shape index (κ2) is 8.67. The van der Waals surface area contributed by atoms with Crippen LogP contribution >= 0.6 is 11.6 Å². The van der Waals surface area contributed by atoms with Crippen LogP contribution in [0.15, 0.2) is 30.3 Å². The van der Waals surface area contributed by atoms with E-state index in [2.05, 4.69) is 20.7 Å². The fourth-order valence-corrected chi connectivity index (χ4v) is 3.57. The maximum Gasteiger partial charge on any atom is 0.271 e. The number of aromatic nitrogens is 3. The van der Waals surface area contributed by atoms with Crippen LogP contribution in [-0.2, 0) is 4.79 Å². The van der Waals surface area contributed by atoms with E-state index in [1.807, 2.05) is 52.8 Å². The molecule has 2 aromatic heterocycles. The van der Waals surface area contributed by atoms with E-state index in [1.54, 1.807) is 16.8 Å². The van der Waals surface area contributed by atoms with Crippen molar-refractivity contribution in [1.82, 2.24) is 20.1 Å². The summed E-state index contributed by atoms with van der Waals surface area (Å²) in [5.74, 6) is -0.384. The van der Waals surface area contributed by atoms with Gasteiger partial charge in [0, 0.05) is 11.4 Å². The third kappa shape index (κ3) is 4.68. The number of nitrogens with one attached hydrogen (secondary N) is 2. The standard InChI is InChI=1S/C22H24ClN5O2/c1-12-8-13(2)20(14(3)9-12)26-19(29)11-24-22(30)21-17(23)6-7-18(25-21)28-16(5)10-15(4)27-28/h6-10H,11H2,1-5H3,(H,24,30)(H,26,29). The Hall–Kier alpha value is -3.19. The lowest BCUT2D eigenvalue weighted by Crippen LogP contribution is -2.34. The summed E-state index contributed by atoms with van der Waals surface area (Å²) >= 11 is 6.17. The molecule has 2 heterocycles. The number of aryl methyl sites for hydroxylation is 5. The maximum absolute atomic E-state index is 12.6. The van der Waals surface area contributed by atoms with E-state index in [-0.39, 0.29) is 23.2 Å². The third-order valence-corrected chi connectivity index (χ3v) is 4.93. The van der Waals surface area contributed by atoms with Gasteiger partial charge in [-0.15, -0.1) is 0 Å². The highest BCUT2D eigenvalue weighted by Gasteiger charge is 2.17. The van der Waals surface area contributed by atoms with Crippen molar-refractivity contribution in [2.24, 2.45) is 0 Å². The molecule has 0 saturated carbocycles. The Balaban J connectivity index is 1.71. The Bertz CT molecular complexity index is 1110. The number of carbonyl (C=O) groups excluding carboxylic acids is 2. The smallest absolute Gasteiger partial charge is 0.271 e. The van der Waals surface area contributed by atoms with Crippen molar-refractivity contribution >= 4 is 29.1 Å². The summed E-state index contributed by atoms with van der Waals surface area (Å²) in [7, 11) is 0. The normalized spacial score (nSPS) is 10.7. The monoisotopic (exact) mass is 425 g/mol. The summed E-state index contributed by atoms with van der Waals surface area (Å²) in [6.45, 7) is 9.44. The fourth-order valence-electron chi connectivity index (χ4n) is 3.37. The van der Waals surface area contributed by atoms with Crippen LogP contribution in [-0.4, -0.2) is 33.1 Å². The number of halogens is 1. The molecule has 0 unspecified atom stereocenters. The van der Waals surface area contributed by atoms with Gasteiger partial charge in [0.25, 0.3) is 5.91 Å². The summed E-state index contributed by atoms with van der Waals surface area (Å²) in [6.07, 6.45) is 0. The molecule has 0 atom stereocenters. The lowest BCUT2D eigenvalue weighted by molar-refractivity contribution is -0.115. The van der Waals surface area contributed by atoms with Crippen molar-refractivity contribution in [1.29, 1.82) is 0 Å². The highest BCUT2D eigenvalue weighted by molar-refractivity contribution is 6.33. The van der Waals surface area contributed by atoms with Gasteiger partial charge >= 0.3 is 0 Å². The summed E-state index contributed by atoms with van der Waals surface area (Å²) in [5, 5.41) is 10.0. The molecule has 0 fully saturated rings. The molecule has 3 rings (SSSR count). The number of rotatable bonds is 5. The molecule has 30 heavy (non-hydrogen) atoms. The quantitative estimate of drug-likeness (QED) is 0.650. The van der Waals surface area contributed by atoms with E-state index in [9.17, 15) is 9.59 Å². The van der Waals surface area contributed by atoms with Crippen LogP contribution in [0.25, 0.3) is 5.82 Å². The van der Waals surface area contributed by atoms with E-state index in [0.717, 1.165) is 33.8 Å². The number of anilines is 1. The number of benzene rings is 1. The number of carbonyl (C=O) groups is 2. The van der Waals surface area contributed by atoms with Gasteiger partial charge in [-0.2, -0.15) is 5.10 Å². The number of hydrogen-bond donors (Lipinski definition) is 2. The van der Waals surface area contributed by atoms with E-state index in [1.165, 1.54) is 0 Å². The van der Waals surface area contributed by atoms with Gasteiger partial charge in [0.15, 0.2) is 5.82 Å². The van der Waals surface area contributed by atoms with Gasteiger partial charge in [-0.05, 0) is 63.9 Å². The average molecular weight is 426 g/mol. The molecule has 2 amide bonds. The zero-order valence-electron chi connectivity index (χ0n) is 17.6. The molecule has 8 heteroatoms. The van der Waals surface area contributed by atoms with Crippen molar-refractivity contribution < 1.29 is 9.59 Å². The second-order valence-corrected chi connectivity index (χ2v) is 7.75. The van der Waals surface area contributed by atoms with E-state index in [4.69, 9.17) is 11.6 Å². The topological polar surface area (TPSA) is 88.9 Å². The van der Waals surface area contributed by atoms with Gasteiger partial charge in [0.2, 0.25) is 5.91 Å². The number of nitrogens with zero attached hydrogens (tertiary/aromatic N) is 3. The summed E-state index contributed by atoms with van der Waals surface area (Å²) in [5.41, 5.74) is 5.58. The van der Waals surface area contributed by atoms with Crippen LogP contribution in [0.4, 0.5) is 5.69 Å². The molecule has 0 bridgehead atoms. The average Bonchev–Trinajstić information content (AvgIpc) is 3.01. The number of hydrogen-bond acceptors (Lipinski definition) is 4. The molecular weight excluding hydrogens is 402 g/mol. The molecule has 0 aliphatic heterocycles. The second-order valence-electron chi connectivity index (χ2n) is 7.34. The predicted molar refractivity (Wildman–Crippen MR) is 117 cm³/mol. The Labute approximate surface area is 180 Å². The van der Waals surface area contributed by atoms with E-state index in [0.29, 0.717) is 5.82 Å². The first kappa shape index (κ1) is 21.5. The number of amides is 2. The fraction of sp³-hybridized carbons (Fsp3) is 0.273. The van der Waals surface area contributed by atoms with Gasteiger partial charge in [-0.25, -0.2) is 9.67 Å². The minimum absolute atomic E-state index is 0.0391. The van der Waals surface area contributed by atoms with Crippen molar-refractivity contribution in [3.63, 3.8) is 0 Å². The molecule has 0 radical (unpaired) electrons. The minimum Gasteiger partial charge on any atom is -0.342 e. The first-order valence-corrected chi connectivity index (χ1v) is 9.89. The van der Waals surface area contributed by atoms with Gasteiger partial charge < -0.3 is 10.6 Å². The molecule has 2 N–H and O–H groups in total. The van der Waals surface area contributed by atoms with Crippen LogP contribution in [0.5, 0.6) is 0 Å². The van der Waals surface area contributed by atoms with Gasteiger partial charge in [-0.3, -0.25) is 9.59 Å². The molecule has 0 saturated heterocycles. The lowest BCUT2D eigenvalue weighted by atomic mass is 10.1. The highest BCUT2D eigenvalue weighted by Crippen LogP contribution is 2.22. The zero-order chi connectivity index (χ0) is 22.0. The molecule has 1 aromatic carbocycles. The van der Waals surface area contributed by atoms with Gasteiger partial charge in [-0.1, -0.05) is 29.3 Å². The third-order valence-electron chi connectivity index (χ3n) is 4.62. The summed E-state index contributed by atoms with van der Waals surface area (Å²) < 4.78 is 1.64. The van der Waals surface area contributed by atoms with Crippen molar-refractivity contribution in [3.8, 4) is 5.82 Å². The Morgan fingerprint density at radius 3 is 2.30 bits per heavy atom. The minimum atomic E-state index is -0.532. The van der Waals surface area contributed by atoms with E-state index >= 15 is 0 Å². The molecule has 3 aromatic rings. The Kier molecular flexibility index (Phi) is 6.22.